The largest absolute Gasteiger partial charge is 0.366 e. The van der Waals surface area contributed by atoms with Gasteiger partial charge in [0.25, 0.3) is 5.91 Å². The Bertz CT molecular complexity index is 3000. The lowest BCUT2D eigenvalue weighted by molar-refractivity contribution is -0.131. The number of nitrogens with two attached hydrogens (primary N) is 1. The molecule has 2 saturated carbocycles. The van der Waals surface area contributed by atoms with E-state index < -0.39 is 21.5 Å². The molecule has 2 spiro atoms. The lowest BCUT2D eigenvalue weighted by atomic mass is 9.78. The average Bonchev–Trinajstić information content (AvgIpc) is 3.86. The Morgan fingerprint density at radius 3 is 2.05 bits per heavy atom. The minimum absolute atomic E-state index is 0.0907. The summed E-state index contributed by atoms with van der Waals surface area (Å²) in [5.41, 5.74) is 19.0. The highest BCUT2D eigenvalue weighted by atomic mass is 32.2. The molecule has 0 radical (unpaired) electrons. The molecule has 336 valence electrons. The van der Waals surface area contributed by atoms with Gasteiger partial charge in [-0.05, 0) is 87.2 Å². The number of hydrogen-bond acceptors (Lipinski definition) is 14. The molecule has 11 rings (SSSR count). The van der Waals surface area contributed by atoms with E-state index in [1.165, 1.54) is 6.42 Å². The summed E-state index contributed by atoms with van der Waals surface area (Å²) in [5, 5.41) is 12.9. The Morgan fingerprint density at radius 2 is 1.38 bits per heavy atom. The van der Waals surface area contributed by atoms with Gasteiger partial charge >= 0.3 is 0 Å². The first-order valence-electron chi connectivity index (χ1n) is 22.5. The second kappa shape index (κ2) is 15.8. The smallest absolute Gasteiger partial charge is 0.264 e. The highest BCUT2D eigenvalue weighted by Gasteiger charge is 2.48. The molecule has 1 saturated heterocycles. The van der Waals surface area contributed by atoms with Crippen LogP contribution in [0.15, 0.2) is 77.0 Å². The first-order valence-corrected chi connectivity index (χ1v) is 23.9. The molecule has 19 nitrogen and oxygen atoms in total. The number of benzene rings is 2. The van der Waals surface area contributed by atoms with Gasteiger partial charge in [0.2, 0.25) is 27.8 Å². The van der Waals surface area contributed by atoms with E-state index in [-0.39, 0.29) is 16.3 Å². The van der Waals surface area contributed by atoms with Crippen molar-refractivity contribution in [2.24, 2.45) is 10.8 Å². The van der Waals surface area contributed by atoms with E-state index in [2.05, 4.69) is 62.9 Å². The molecule has 2 amide bonds. The zero-order valence-corrected chi connectivity index (χ0v) is 36.9. The van der Waals surface area contributed by atoms with Gasteiger partial charge in [0, 0.05) is 78.4 Å². The predicted molar refractivity (Wildman–Crippen MR) is 248 cm³/mol. The number of nitrogens with zero attached hydrogens (tertiary/aromatic N) is 9. The Kier molecular flexibility index (Phi) is 9.99. The van der Waals surface area contributed by atoms with Crippen LogP contribution in [0.1, 0.15) is 87.1 Å². The third-order valence-corrected chi connectivity index (χ3v) is 16.1. The molecule has 3 aliphatic heterocycles. The number of carbonyl (C=O) groups excluding carboxylic acids is 2. The molecule has 2 aliphatic carbocycles. The summed E-state index contributed by atoms with van der Waals surface area (Å²) in [6.45, 7) is 4.18. The van der Waals surface area contributed by atoms with Crippen LogP contribution in [-0.2, 0) is 32.4 Å². The molecular formula is C45H51N15O4S. The number of anilines is 6. The quantitative estimate of drug-likeness (QED) is 0.100. The second-order valence-electron chi connectivity index (χ2n) is 17.9. The van der Waals surface area contributed by atoms with Crippen molar-refractivity contribution in [1.29, 1.82) is 0 Å². The normalized spacial score (nSPS) is 19.5. The van der Waals surface area contributed by atoms with E-state index in [0.29, 0.717) is 80.0 Å². The van der Waals surface area contributed by atoms with Gasteiger partial charge < -0.3 is 16.4 Å². The van der Waals surface area contributed by atoms with E-state index >= 15 is 0 Å². The number of fused-ring (bicyclic) bond motifs is 8. The molecular weight excluding hydrogens is 847 g/mol. The van der Waals surface area contributed by atoms with Crippen LogP contribution in [0.25, 0.3) is 22.1 Å². The van der Waals surface area contributed by atoms with Gasteiger partial charge in [-0.3, -0.25) is 39.9 Å². The van der Waals surface area contributed by atoms with Crippen molar-refractivity contribution in [3.8, 4) is 0 Å². The molecule has 7 heterocycles. The predicted octanol–water partition coefficient (Wildman–Crippen LogP) is 5.85. The number of carbonyl (C=O) groups is 2. The fourth-order valence-electron chi connectivity index (χ4n) is 10.7. The summed E-state index contributed by atoms with van der Waals surface area (Å²) in [6, 6.07) is 15.6. The first kappa shape index (κ1) is 41.1. The van der Waals surface area contributed by atoms with Crippen LogP contribution in [0.5, 0.6) is 0 Å². The summed E-state index contributed by atoms with van der Waals surface area (Å²) >= 11 is 0. The fraction of sp³-hybridized carbons (Fsp3) is 0.400. The minimum Gasteiger partial charge on any atom is -0.366 e. The summed E-state index contributed by atoms with van der Waals surface area (Å²) in [4.78, 5) is 47.0. The topological polar surface area (TPSA) is 235 Å². The lowest BCUT2D eigenvalue weighted by Gasteiger charge is -2.42. The molecule has 4 aromatic heterocycles. The Labute approximate surface area is 375 Å². The van der Waals surface area contributed by atoms with E-state index in [4.69, 9.17) is 15.7 Å². The van der Waals surface area contributed by atoms with Gasteiger partial charge in [-0.25, -0.2) is 18.4 Å². The zero-order chi connectivity index (χ0) is 44.5. The molecule has 7 N–H and O–H groups in total. The minimum atomic E-state index is -3.79. The van der Waals surface area contributed by atoms with Crippen molar-refractivity contribution < 1.29 is 18.0 Å². The first-order chi connectivity index (χ1) is 31.5. The van der Waals surface area contributed by atoms with Crippen molar-refractivity contribution >= 4 is 84.5 Å². The van der Waals surface area contributed by atoms with Crippen molar-refractivity contribution in [3.05, 3.63) is 78.1 Å². The standard InChI is InChI=1S/C45H51N15O4S/c1-28-44(16-4-2-5-17-44)59-36(54-53-28)24-30-25-47-42(51-38(30)59)50-32-12-14-33(15-13-32)65(63,64)58-22-20-57(21-23-58)27-35-34-26-48-43(49-31-10-8-29(9-11-31)37(46)61)52-39(34)60-40(35)55-56-41(62)45(60)18-6-3-7-19-45/h8-15,24-26,54-55H,2-7,16-23,27H2,1H3,(H2,46,61)(H,56,62)(H,47,50,51)(H,48,49,52). The van der Waals surface area contributed by atoms with Crippen LogP contribution >= 0.6 is 0 Å². The van der Waals surface area contributed by atoms with E-state index in [1.54, 1.807) is 59.0 Å². The maximum absolute atomic E-state index is 14.0. The number of nitrogens with one attached hydrogen (secondary N) is 5. The fourth-order valence-corrected chi connectivity index (χ4v) is 12.1. The summed E-state index contributed by atoms with van der Waals surface area (Å²) in [7, 11) is -3.79. The Balaban J connectivity index is 0.800. The third-order valence-electron chi connectivity index (χ3n) is 14.2. The molecule has 5 aliphatic rings. The third kappa shape index (κ3) is 6.92. The second-order valence-corrected chi connectivity index (χ2v) is 19.8. The number of sulfonamides is 1. The van der Waals surface area contributed by atoms with Crippen LogP contribution in [0.3, 0.4) is 0 Å². The van der Waals surface area contributed by atoms with E-state index in [9.17, 15) is 18.0 Å². The number of piperazine rings is 1. The molecule has 65 heavy (non-hydrogen) atoms. The molecule has 20 heteroatoms. The number of hydrazine groups is 1. The zero-order valence-electron chi connectivity index (χ0n) is 36.1. The highest BCUT2D eigenvalue weighted by molar-refractivity contribution is 7.89. The average molecular weight is 898 g/mol. The van der Waals surface area contributed by atoms with Crippen LogP contribution in [0, 0.1) is 0 Å². The van der Waals surface area contributed by atoms with E-state index in [1.807, 2.05) is 12.3 Å². The number of rotatable bonds is 9. The number of hydrazone groups is 1. The van der Waals surface area contributed by atoms with Crippen molar-refractivity contribution in [1.82, 2.24) is 43.7 Å². The van der Waals surface area contributed by atoms with Crippen molar-refractivity contribution in [2.45, 2.75) is 93.7 Å². The maximum atomic E-state index is 14.0. The lowest BCUT2D eigenvalue weighted by Crippen LogP contribution is -2.56. The summed E-state index contributed by atoms with van der Waals surface area (Å²) in [5.74, 6) is 1.84. The van der Waals surface area contributed by atoms with Crippen molar-refractivity contribution in [3.63, 3.8) is 0 Å². The van der Waals surface area contributed by atoms with Gasteiger partial charge in [0.15, 0.2) is 0 Å². The van der Waals surface area contributed by atoms with E-state index in [0.717, 1.165) is 84.3 Å². The molecule has 2 aromatic carbocycles. The summed E-state index contributed by atoms with van der Waals surface area (Å²) < 4.78 is 34.0. The Morgan fingerprint density at radius 1 is 0.769 bits per heavy atom. The monoisotopic (exact) mass is 897 g/mol. The van der Waals surface area contributed by atoms with Crippen LogP contribution in [-0.4, -0.2) is 90.4 Å². The van der Waals surface area contributed by atoms with Crippen LogP contribution in [0.2, 0.25) is 0 Å². The molecule has 0 atom stereocenters. The molecule has 3 fully saturated rings. The van der Waals surface area contributed by atoms with Crippen LogP contribution in [0.4, 0.5) is 34.9 Å². The Hall–Kier alpha value is -6.64. The van der Waals surface area contributed by atoms with Gasteiger partial charge in [-0.2, -0.15) is 19.4 Å². The summed E-state index contributed by atoms with van der Waals surface area (Å²) in [6.07, 6.45) is 13.3. The van der Waals surface area contributed by atoms with Gasteiger partial charge in [0.1, 0.15) is 28.5 Å². The number of hydrogen-bond donors (Lipinski definition) is 6. The van der Waals surface area contributed by atoms with Crippen molar-refractivity contribution in [2.75, 3.05) is 47.7 Å². The van der Waals surface area contributed by atoms with Gasteiger partial charge in [0.05, 0.1) is 16.1 Å². The SMILES string of the molecule is CC1=NNc2cc3cnc(Nc4ccc(S(=O)(=O)N5CCN(Cc6c7n(c8nc(Nc9ccc(C(N)=O)cc9)ncc68)C6(CCCCC6)C(=O)NN7)CC5)cc4)nc3n2C12CCCCC2. The van der Waals surface area contributed by atoms with Gasteiger partial charge in [-0.1, -0.05) is 38.5 Å². The number of primary amides is 1. The molecule has 6 aromatic rings. The number of amides is 2. The van der Waals surface area contributed by atoms with Crippen LogP contribution < -0.4 is 32.6 Å². The number of aromatic nitrogens is 6. The highest BCUT2D eigenvalue weighted by Crippen LogP contribution is 2.46. The molecule has 0 bridgehead atoms. The van der Waals surface area contributed by atoms with Gasteiger partial charge in [-0.15, -0.1) is 0 Å². The maximum Gasteiger partial charge on any atom is 0.264 e. The molecule has 0 unspecified atom stereocenters.